The molecule has 6 nitrogen and oxygen atoms in total. The molecule has 1 aromatic heterocycles. The topological polar surface area (TPSA) is 85.5 Å². The third kappa shape index (κ3) is 3.26. The van der Waals surface area contributed by atoms with Crippen molar-refractivity contribution in [2.75, 3.05) is 20.2 Å². The maximum absolute atomic E-state index is 12.3. The molecular formula is C14H19N3O3. The van der Waals surface area contributed by atoms with Crippen molar-refractivity contribution in [3.05, 3.63) is 24.0 Å². The fourth-order valence-corrected chi connectivity index (χ4v) is 2.46. The van der Waals surface area contributed by atoms with Gasteiger partial charge < -0.3 is 15.4 Å². The van der Waals surface area contributed by atoms with Crippen molar-refractivity contribution in [2.24, 2.45) is 11.7 Å². The van der Waals surface area contributed by atoms with Crippen LogP contribution in [0, 0.1) is 5.92 Å². The molecule has 1 aliphatic rings. The second kappa shape index (κ2) is 6.36. The molecule has 0 aliphatic carbocycles. The molecule has 1 saturated heterocycles. The van der Waals surface area contributed by atoms with Crippen LogP contribution in [0.25, 0.3) is 0 Å². The van der Waals surface area contributed by atoms with Crippen molar-refractivity contribution in [3.63, 3.8) is 0 Å². The average molecular weight is 277 g/mol. The third-order valence-electron chi connectivity index (χ3n) is 3.60. The zero-order valence-electron chi connectivity index (χ0n) is 11.5. The van der Waals surface area contributed by atoms with Crippen LogP contribution in [0.3, 0.4) is 0 Å². The fraction of sp³-hybridized carbons (Fsp3) is 0.500. The van der Waals surface area contributed by atoms with Crippen molar-refractivity contribution < 1.29 is 14.3 Å². The molecular weight excluding hydrogens is 258 g/mol. The first-order valence-corrected chi connectivity index (χ1v) is 6.65. The lowest BCUT2D eigenvalue weighted by atomic mass is 9.97. The lowest BCUT2D eigenvalue weighted by molar-refractivity contribution is -0.134. The van der Waals surface area contributed by atoms with Gasteiger partial charge in [0.2, 0.25) is 11.8 Å². The monoisotopic (exact) mass is 277 g/mol. The minimum atomic E-state index is -0.332. The van der Waals surface area contributed by atoms with E-state index in [4.69, 9.17) is 10.5 Å². The Morgan fingerprint density at radius 1 is 1.55 bits per heavy atom. The molecule has 0 saturated carbocycles. The molecule has 2 heterocycles. The molecule has 6 heteroatoms. The van der Waals surface area contributed by atoms with Gasteiger partial charge in [0.1, 0.15) is 5.75 Å². The van der Waals surface area contributed by atoms with Gasteiger partial charge in [-0.2, -0.15) is 0 Å². The first-order chi connectivity index (χ1) is 9.61. The molecule has 2 rings (SSSR count). The summed E-state index contributed by atoms with van der Waals surface area (Å²) in [7, 11) is 1.56. The summed E-state index contributed by atoms with van der Waals surface area (Å²) >= 11 is 0. The number of hydrogen-bond acceptors (Lipinski definition) is 4. The van der Waals surface area contributed by atoms with Crippen LogP contribution in [-0.4, -0.2) is 41.9 Å². The minimum absolute atomic E-state index is 0.0257. The Labute approximate surface area is 117 Å². The Morgan fingerprint density at radius 3 is 3.05 bits per heavy atom. The van der Waals surface area contributed by atoms with E-state index in [9.17, 15) is 9.59 Å². The van der Waals surface area contributed by atoms with E-state index in [1.54, 1.807) is 30.5 Å². The van der Waals surface area contributed by atoms with Gasteiger partial charge in [-0.1, -0.05) is 0 Å². The van der Waals surface area contributed by atoms with E-state index < -0.39 is 0 Å². The smallest absolute Gasteiger partial charge is 0.227 e. The number of likely N-dealkylation sites (tertiary alicyclic amines) is 1. The number of nitrogens with two attached hydrogens (primary N) is 1. The van der Waals surface area contributed by atoms with Gasteiger partial charge in [-0.25, -0.2) is 0 Å². The maximum Gasteiger partial charge on any atom is 0.227 e. The van der Waals surface area contributed by atoms with E-state index in [2.05, 4.69) is 4.98 Å². The molecule has 0 bridgehead atoms. The highest BCUT2D eigenvalue weighted by molar-refractivity contribution is 5.81. The summed E-state index contributed by atoms with van der Waals surface area (Å²) < 4.78 is 5.21. The zero-order valence-corrected chi connectivity index (χ0v) is 11.5. The van der Waals surface area contributed by atoms with E-state index in [-0.39, 0.29) is 24.2 Å². The Morgan fingerprint density at radius 2 is 2.35 bits per heavy atom. The summed E-state index contributed by atoms with van der Waals surface area (Å²) in [5, 5.41) is 0. The van der Waals surface area contributed by atoms with Crippen LogP contribution in [0.4, 0.5) is 0 Å². The van der Waals surface area contributed by atoms with Gasteiger partial charge in [0.15, 0.2) is 0 Å². The molecule has 0 unspecified atom stereocenters. The molecule has 20 heavy (non-hydrogen) atoms. The molecule has 108 valence electrons. The van der Waals surface area contributed by atoms with Crippen molar-refractivity contribution in [1.82, 2.24) is 9.88 Å². The number of amides is 2. The highest BCUT2D eigenvalue weighted by Gasteiger charge is 2.27. The molecule has 2 N–H and O–H groups in total. The van der Waals surface area contributed by atoms with Crippen LogP contribution in [0.1, 0.15) is 18.4 Å². The van der Waals surface area contributed by atoms with E-state index >= 15 is 0 Å². The highest BCUT2D eigenvalue weighted by atomic mass is 16.5. The maximum atomic E-state index is 12.3. The molecule has 0 radical (unpaired) electrons. The number of rotatable bonds is 4. The predicted molar refractivity (Wildman–Crippen MR) is 73.0 cm³/mol. The van der Waals surface area contributed by atoms with E-state index in [1.807, 2.05) is 0 Å². The van der Waals surface area contributed by atoms with Crippen LogP contribution in [0.5, 0.6) is 5.75 Å². The molecule has 0 spiro atoms. The summed E-state index contributed by atoms with van der Waals surface area (Å²) in [6, 6.07) is 1.73. The number of methoxy groups -OCH3 is 1. The van der Waals surface area contributed by atoms with Gasteiger partial charge in [0, 0.05) is 31.0 Å². The summed E-state index contributed by atoms with van der Waals surface area (Å²) in [5.74, 6) is 0.0593. The lowest BCUT2D eigenvalue weighted by Gasteiger charge is -2.31. The first kappa shape index (κ1) is 14.3. The molecule has 1 atom stereocenters. The number of piperidine rings is 1. The highest BCUT2D eigenvalue weighted by Crippen LogP contribution is 2.20. The number of aromatic nitrogens is 1. The van der Waals surface area contributed by atoms with E-state index in [0.717, 1.165) is 18.4 Å². The molecule has 1 aliphatic heterocycles. The minimum Gasteiger partial charge on any atom is -0.496 e. The van der Waals surface area contributed by atoms with Crippen LogP contribution < -0.4 is 10.5 Å². The van der Waals surface area contributed by atoms with Crippen LogP contribution >= 0.6 is 0 Å². The number of pyridine rings is 1. The number of carbonyl (C=O) groups is 2. The number of hydrogen-bond donors (Lipinski definition) is 1. The van der Waals surface area contributed by atoms with Crippen LogP contribution in [0.2, 0.25) is 0 Å². The predicted octanol–water partition coefficient (Wildman–Crippen LogP) is 0.357. The quantitative estimate of drug-likeness (QED) is 0.861. The molecule has 0 aromatic carbocycles. The van der Waals surface area contributed by atoms with Gasteiger partial charge in [-0.3, -0.25) is 14.6 Å². The van der Waals surface area contributed by atoms with Crippen LogP contribution in [-0.2, 0) is 16.0 Å². The molecule has 2 amide bonds. The average Bonchev–Trinajstić information content (AvgIpc) is 2.48. The van der Waals surface area contributed by atoms with Crippen molar-refractivity contribution in [1.29, 1.82) is 0 Å². The Bertz CT molecular complexity index is 504. The Balaban J connectivity index is 2.02. The summed E-state index contributed by atoms with van der Waals surface area (Å²) in [5.41, 5.74) is 6.07. The van der Waals surface area contributed by atoms with Gasteiger partial charge in [-0.15, -0.1) is 0 Å². The lowest BCUT2D eigenvalue weighted by Crippen LogP contribution is -2.44. The van der Waals surface area contributed by atoms with Gasteiger partial charge in [-0.05, 0) is 18.9 Å². The summed E-state index contributed by atoms with van der Waals surface area (Å²) in [4.78, 5) is 29.2. The van der Waals surface area contributed by atoms with E-state index in [0.29, 0.717) is 18.8 Å². The number of nitrogens with zero attached hydrogens (tertiary/aromatic N) is 2. The van der Waals surface area contributed by atoms with Gasteiger partial charge in [0.25, 0.3) is 0 Å². The fourth-order valence-electron chi connectivity index (χ4n) is 2.46. The SMILES string of the molecule is COc1ccncc1CC(=O)N1CCC[C@H](C(N)=O)C1. The Hall–Kier alpha value is -2.11. The van der Waals surface area contributed by atoms with Crippen molar-refractivity contribution in [2.45, 2.75) is 19.3 Å². The summed E-state index contributed by atoms with van der Waals surface area (Å²) in [6.45, 7) is 1.09. The number of primary amides is 1. The van der Waals surface area contributed by atoms with Gasteiger partial charge in [0.05, 0.1) is 19.4 Å². The second-order valence-corrected chi connectivity index (χ2v) is 4.95. The third-order valence-corrected chi connectivity index (χ3v) is 3.60. The first-order valence-electron chi connectivity index (χ1n) is 6.65. The Kier molecular flexibility index (Phi) is 4.55. The largest absolute Gasteiger partial charge is 0.496 e. The number of ether oxygens (including phenoxy) is 1. The van der Waals surface area contributed by atoms with Crippen molar-refractivity contribution in [3.8, 4) is 5.75 Å². The molecule has 1 aromatic rings. The van der Waals surface area contributed by atoms with Crippen molar-refractivity contribution >= 4 is 11.8 Å². The number of carbonyl (C=O) groups excluding carboxylic acids is 2. The van der Waals surface area contributed by atoms with E-state index in [1.165, 1.54) is 0 Å². The second-order valence-electron chi connectivity index (χ2n) is 4.95. The summed E-state index contributed by atoms with van der Waals surface area (Å²) in [6.07, 6.45) is 5.05. The normalized spacial score (nSPS) is 18.6. The van der Waals surface area contributed by atoms with Gasteiger partial charge >= 0.3 is 0 Å². The molecule has 1 fully saturated rings. The van der Waals surface area contributed by atoms with Crippen LogP contribution in [0.15, 0.2) is 18.5 Å². The standard InChI is InChI=1S/C14H19N3O3/c1-20-12-4-5-16-8-11(12)7-13(18)17-6-2-3-10(9-17)14(15)19/h4-5,8,10H,2-3,6-7,9H2,1H3,(H2,15,19)/t10-/m0/s1. The zero-order chi connectivity index (χ0) is 14.5.